The van der Waals surface area contributed by atoms with E-state index >= 15 is 0 Å². The number of aromatic nitrogens is 1. The van der Waals surface area contributed by atoms with E-state index in [-0.39, 0.29) is 5.56 Å². The Morgan fingerprint density at radius 1 is 1.04 bits per heavy atom. The highest BCUT2D eigenvalue weighted by molar-refractivity contribution is 5.93. The van der Waals surface area contributed by atoms with Gasteiger partial charge in [0.2, 0.25) is 0 Å². The van der Waals surface area contributed by atoms with Crippen molar-refractivity contribution in [3.8, 4) is 11.5 Å². The first kappa shape index (κ1) is 16.5. The van der Waals surface area contributed by atoms with Crippen LogP contribution in [-0.4, -0.2) is 30.3 Å². The Bertz CT molecular complexity index is 963. The molecule has 2 aromatic carbocycles. The van der Waals surface area contributed by atoms with Gasteiger partial charge in [0.25, 0.3) is 0 Å². The maximum Gasteiger partial charge on any atom is 0.335 e. The van der Waals surface area contributed by atoms with Crippen molar-refractivity contribution in [2.45, 2.75) is 0 Å². The van der Waals surface area contributed by atoms with Gasteiger partial charge in [0.15, 0.2) is 11.5 Å². The molecular weight excluding hydrogens is 318 g/mol. The average molecular weight is 335 g/mol. The Kier molecular flexibility index (Phi) is 4.66. The van der Waals surface area contributed by atoms with E-state index in [0.29, 0.717) is 11.5 Å². The number of carboxylic acids is 1. The molecule has 3 aromatic rings. The molecule has 0 unspecified atom stereocenters. The predicted octanol–water partition coefficient (Wildman–Crippen LogP) is 4.12. The summed E-state index contributed by atoms with van der Waals surface area (Å²) in [6.45, 7) is 0. The number of methoxy groups -OCH3 is 2. The summed E-state index contributed by atoms with van der Waals surface area (Å²) in [7, 11) is 3.20. The highest BCUT2D eigenvalue weighted by Gasteiger charge is 2.07. The molecule has 126 valence electrons. The Labute approximate surface area is 145 Å². The summed E-state index contributed by atoms with van der Waals surface area (Å²) in [5.74, 6) is 0.376. The lowest BCUT2D eigenvalue weighted by Gasteiger charge is -2.09. The van der Waals surface area contributed by atoms with Gasteiger partial charge in [0, 0.05) is 10.9 Å². The number of hydrogen-bond donors (Lipinski definition) is 1. The molecule has 0 atom stereocenters. The zero-order chi connectivity index (χ0) is 17.8. The SMILES string of the molecule is COc1cccc(C=Cc2ccc3cc(C(=O)O)ccc3n2)c1OC. The summed E-state index contributed by atoms with van der Waals surface area (Å²) >= 11 is 0. The van der Waals surface area contributed by atoms with Crippen molar-refractivity contribution in [3.05, 3.63) is 65.4 Å². The van der Waals surface area contributed by atoms with Crippen LogP contribution in [0.3, 0.4) is 0 Å². The van der Waals surface area contributed by atoms with Crippen molar-refractivity contribution in [1.29, 1.82) is 0 Å². The highest BCUT2D eigenvalue weighted by atomic mass is 16.5. The number of pyridine rings is 1. The first-order valence-electron chi connectivity index (χ1n) is 7.65. The predicted molar refractivity (Wildman–Crippen MR) is 97.2 cm³/mol. The monoisotopic (exact) mass is 335 g/mol. The molecule has 0 bridgehead atoms. The first-order valence-corrected chi connectivity index (χ1v) is 7.65. The van der Waals surface area contributed by atoms with Crippen LogP contribution in [0.15, 0.2) is 48.5 Å². The molecule has 0 aliphatic carbocycles. The first-order chi connectivity index (χ1) is 12.1. The number of benzene rings is 2. The summed E-state index contributed by atoms with van der Waals surface area (Å²) in [5, 5.41) is 9.84. The van der Waals surface area contributed by atoms with Gasteiger partial charge in [-0.3, -0.25) is 0 Å². The van der Waals surface area contributed by atoms with E-state index in [0.717, 1.165) is 22.2 Å². The van der Waals surface area contributed by atoms with Crippen LogP contribution in [0, 0.1) is 0 Å². The van der Waals surface area contributed by atoms with Crippen molar-refractivity contribution < 1.29 is 19.4 Å². The third-order valence-electron chi connectivity index (χ3n) is 3.82. The van der Waals surface area contributed by atoms with Crippen LogP contribution in [0.4, 0.5) is 0 Å². The van der Waals surface area contributed by atoms with Gasteiger partial charge in [-0.2, -0.15) is 0 Å². The Morgan fingerprint density at radius 2 is 1.88 bits per heavy atom. The molecule has 1 heterocycles. The van der Waals surface area contributed by atoms with Crippen molar-refractivity contribution in [2.24, 2.45) is 0 Å². The fourth-order valence-electron chi connectivity index (χ4n) is 2.59. The standard InChI is InChI=1S/C20H17NO4/c1-24-18-5-3-4-13(19(18)25-2)6-9-16-10-7-14-12-15(20(22)23)8-11-17(14)21-16/h3-12H,1-2H3,(H,22,23). The van der Waals surface area contributed by atoms with Crippen molar-refractivity contribution in [1.82, 2.24) is 4.98 Å². The van der Waals surface area contributed by atoms with Crippen LogP contribution in [0.5, 0.6) is 11.5 Å². The largest absolute Gasteiger partial charge is 0.493 e. The van der Waals surface area contributed by atoms with Gasteiger partial charge in [0.05, 0.1) is 31.0 Å². The molecule has 0 amide bonds. The molecule has 0 spiro atoms. The van der Waals surface area contributed by atoms with Gasteiger partial charge in [-0.05, 0) is 42.5 Å². The lowest BCUT2D eigenvalue weighted by molar-refractivity contribution is 0.0697. The van der Waals surface area contributed by atoms with Crippen LogP contribution < -0.4 is 9.47 Å². The summed E-state index contributed by atoms with van der Waals surface area (Å²) < 4.78 is 10.7. The minimum Gasteiger partial charge on any atom is -0.493 e. The summed E-state index contributed by atoms with van der Waals surface area (Å²) in [6.07, 6.45) is 3.78. The summed E-state index contributed by atoms with van der Waals surface area (Å²) in [6, 6.07) is 14.2. The molecule has 3 rings (SSSR count). The minimum absolute atomic E-state index is 0.249. The van der Waals surface area contributed by atoms with Gasteiger partial charge >= 0.3 is 5.97 Å². The fraction of sp³-hybridized carbons (Fsp3) is 0.100. The third kappa shape index (κ3) is 3.45. The van der Waals surface area contributed by atoms with E-state index in [1.54, 1.807) is 32.4 Å². The minimum atomic E-state index is -0.948. The fourth-order valence-corrected chi connectivity index (χ4v) is 2.59. The number of ether oxygens (including phenoxy) is 2. The zero-order valence-electron chi connectivity index (χ0n) is 13.9. The van der Waals surface area contributed by atoms with Gasteiger partial charge in [0.1, 0.15) is 0 Å². The van der Waals surface area contributed by atoms with E-state index < -0.39 is 5.97 Å². The molecule has 0 saturated carbocycles. The quantitative estimate of drug-likeness (QED) is 0.759. The van der Waals surface area contributed by atoms with Crippen LogP contribution in [-0.2, 0) is 0 Å². The van der Waals surface area contributed by atoms with Crippen molar-refractivity contribution in [3.63, 3.8) is 0 Å². The molecule has 25 heavy (non-hydrogen) atoms. The molecule has 5 nitrogen and oxygen atoms in total. The molecule has 0 radical (unpaired) electrons. The molecule has 0 saturated heterocycles. The van der Waals surface area contributed by atoms with E-state index in [1.807, 2.05) is 42.5 Å². The third-order valence-corrected chi connectivity index (χ3v) is 3.82. The normalized spacial score (nSPS) is 11.0. The topological polar surface area (TPSA) is 68.7 Å². The number of aromatic carboxylic acids is 1. The van der Waals surface area contributed by atoms with E-state index in [4.69, 9.17) is 14.6 Å². The number of nitrogens with zero attached hydrogens (tertiary/aromatic N) is 1. The summed E-state index contributed by atoms with van der Waals surface area (Å²) in [4.78, 5) is 15.6. The average Bonchev–Trinajstić information content (AvgIpc) is 2.65. The van der Waals surface area contributed by atoms with Crippen LogP contribution in [0.25, 0.3) is 23.1 Å². The van der Waals surface area contributed by atoms with E-state index in [1.165, 1.54) is 0 Å². The van der Waals surface area contributed by atoms with Gasteiger partial charge < -0.3 is 14.6 Å². The van der Waals surface area contributed by atoms with Crippen LogP contribution >= 0.6 is 0 Å². The van der Waals surface area contributed by atoms with Gasteiger partial charge in [-0.1, -0.05) is 18.2 Å². The molecule has 1 N–H and O–H groups in total. The molecule has 0 aliphatic heterocycles. The number of rotatable bonds is 5. The molecule has 0 aliphatic rings. The van der Waals surface area contributed by atoms with E-state index in [9.17, 15) is 4.79 Å². The Hall–Kier alpha value is -3.34. The second-order valence-electron chi connectivity index (χ2n) is 5.36. The van der Waals surface area contributed by atoms with Crippen LogP contribution in [0.1, 0.15) is 21.6 Å². The number of carboxylic acid groups (broad SMARTS) is 1. The smallest absolute Gasteiger partial charge is 0.335 e. The number of carbonyl (C=O) groups is 1. The molecule has 0 fully saturated rings. The Morgan fingerprint density at radius 3 is 2.60 bits per heavy atom. The lowest BCUT2D eigenvalue weighted by atomic mass is 10.1. The molecule has 1 aromatic heterocycles. The zero-order valence-corrected chi connectivity index (χ0v) is 13.9. The van der Waals surface area contributed by atoms with Gasteiger partial charge in [-0.25, -0.2) is 9.78 Å². The van der Waals surface area contributed by atoms with Crippen molar-refractivity contribution in [2.75, 3.05) is 14.2 Å². The molecule has 5 heteroatoms. The maximum absolute atomic E-state index is 11.0. The number of para-hydroxylation sites is 1. The second kappa shape index (κ2) is 7.05. The number of fused-ring (bicyclic) bond motifs is 1. The second-order valence-corrected chi connectivity index (χ2v) is 5.36. The lowest BCUT2D eigenvalue weighted by Crippen LogP contribution is -1.96. The van der Waals surface area contributed by atoms with Gasteiger partial charge in [-0.15, -0.1) is 0 Å². The van der Waals surface area contributed by atoms with Crippen LogP contribution in [0.2, 0.25) is 0 Å². The number of hydrogen-bond acceptors (Lipinski definition) is 4. The Balaban J connectivity index is 1.94. The maximum atomic E-state index is 11.0. The highest BCUT2D eigenvalue weighted by Crippen LogP contribution is 2.31. The van der Waals surface area contributed by atoms with Crippen molar-refractivity contribution >= 4 is 29.0 Å². The van der Waals surface area contributed by atoms with E-state index in [2.05, 4.69) is 4.98 Å². The molecular formula is C20H17NO4. The summed E-state index contributed by atoms with van der Waals surface area (Å²) in [5.41, 5.74) is 2.63.